The molecule has 0 aromatic carbocycles. The third kappa shape index (κ3) is 2.59. The normalized spacial score (nSPS) is 30.7. The van der Waals surface area contributed by atoms with Gasteiger partial charge in [-0.05, 0) is 19.3 Å². The van der Waals surface area contributed by atoms with Crippen LogP contribution in [-0.4, -0.2) is 39.5 Å². The van der Waals surface area contributed by atoms with Gasteiger partial charge in [-0.15, -0.1) is 10.2 Å². The number of hydrogen-bond donors (Lipinski definition) is 2. The average Bonchev–Trinajstić information content (AvgIpc) is 3.10. The summed E-state index contributed by atoms with van der Waals surface area (Å²) in [5, 5.41) is 14.6. The summed E-state index contributed by atoms with van der Waals surface area (Å²) in [6.45, 7) is 6.53. The lowest BCUT2D eigenvalue weighted by molar-refractivity contribution is -0.108. The third-order valence-corrected chi connectivity index (χ3v) is 5.98. The number of urea groups is 1. The first-order chi connectivity index (χ1) is 11.6. The number of aryl methyl sites for hydroxylation is 1. The standard InChI is InChI=1S/C17H27N5O2/c1-17(2)14(11-7-9-24-15(11)17)19-16(23)18-10-13-21-20-12-6-4-3-5-8-22(12)13/h11,14-15H,3-10H2,1-2H3,(H2,18,19,23)/t11-,14-,15+/m1/s1. The van der Waals surface area contributed by atoms with Gasteiger partial charge in [0.1, 0.15) is 5.82 Å². The molecule has 3 atom stereocenters. The Hall–Kier alpha value is -1.63. The fourth-order valence-electron chi connectivity index (χ4n) is 4.64. The molecule has 1 aromatic rings. The first kappa shape index (κ1) is 15.9. The van der Waals surface area contributed by atoms with E-state index in [1.807, 2.05) is 0 Å². The van der Waals surface area contributed by atoms with Crippen LogP contribution in [0.15, 0.2) is 0 Å². The largest absolute Gasteiger partial charge is 0.377 e. The fourth-order valence-corrected chi connectivity index (χ4v) is 4.64. The summed E-state index contributed by atoms with van der Waals surface area (Å²) < 4.78 is 7.95. The Morgan fingerprint density at radius 2 is 2.21 bits per heavy atom. The van der Waals surface area contributed by atoms with Crippen molar-refractivity contribution in [3.63, 3.8) is 0 Å². The molecule has 132 valence electrons. The van der Waals surface area contributed by atoms with Crippen molar-refractivity contribution >= 4 is 6.03 Å². The Morgan fingerprint density at radius 3 is 3.08 bits per heavy atom. The van der Waals surface area contributed by atoms with Gasteiger partial charge in [-0.1, -0.05) is 20.3 Å². The van der Waals surface area contributed by atoms with Crippen molar-refractivity contribution in [1.29, 1.82) is 0 Å². The minimum Gasteiger partial charge on any atom is -0.377 e. The van der Waals surface area contributed by atoms with Gasteiger partial charge in [0.2, 0.25) is 0 Å². The molecule has 2 fully saturated rings. The minimum atomic E-state index is -0.121. The molecule has 1 aliphatic carbocycles. The van der Waals surface area contributed by atoms with Crippen LogP contribution in [0.2, 0.25) is 0 Å². The number of aromatic nitrogens is 3. The van der Waals surface area contributed by atoms with Gasteiger partial charge in [-0.3, -0.25) is 0 Å². The van der Waals surface area contributed by atoms with Crippen molar-refractivity contribution in [3.8, 4) is 0 Å². The molecule has 3 aliphatic rings. The van der Waals surface area contributed by atoms with E-state index >= 15 is 0 Å². The molecule has 1 saturated carbocycles. The molecule has 0 radical (unpaired) electrons. The van der Waals surface area contributed by atoms with E-state index in [2.05, 4.69) is 39.2 Å². The molecule has 0 spiro atoms. The Kier molecular flexibility index (Phi) is 3.98. The van der Waals surface area contributed by atoms with Crippen LogP contribution in [0.4, 0.5) is 4.79 Å². The van der Waals surface area contributed by atoms with Crippen molar-refractivity contribution in [1.82, 2.24) is 25.4 Å². The SMILES string of the molecule is CC1(C)[C@H](NC(=O)NCc2nnc3n2CCCCC3)[C@H]2CCO[C@@H]21. The summed E-state index contributed by atoms with van der Waals surface area (Å²) in [5.41, 5.74) is 0.00442. The highest BCUT2D eigenvalue weighted by Crippen LogP contribution is 2.52. The zero-order valence-electron chi connectivity index (χ0n) is 14.5. The number of carbonyl (C=O) groups excluding carboxylic acids is 1. The van der Waals surface area contributed by atoms with Crippen LogP contribution in [0.5, 0.6) is 0 Å². The Morgan fingerprint density at radius 1 is 1.33 bits per heavy atom. The average molecular weight is 333 g/mol. The molecule has 7 heteroatoms. The van der Waals surface area contributed by atoms with Gasteiger partial charge in [0.15, 0.2) is 5.82 Å². The van der Waals surface area contributed by atoms with Crippen molar-refractivity contribution in [3.05, 3.63) is 11.6 Å². The molecular weight excluding hydrogens is 306 g/mol. The van der Waals surface area contributed by atoms with Crippen LogP contribution < -0.4 is 10.6 Å². The van der Waals surface area contributed by atoms with Gasteiger partial charge >= 0.3 is 6.03 Å². The summed E-state index contributed by atoms with van der Waals surface area (Å²) in [6, 6.07) is 0.0601. The van der Waals surface area contributed by atoms with E-state index in [9.17, 15) is 4.79 Å². The number of amides is 2. The summed E-state index contributed by atoms with van der Waals surface area (Å²) in [7, 11) is 0. The van der Waals surface area contributed by atoms with Gasteiger partial charge in [0.05, 0.1) is 12.6 Å². The maximum atomic E-state index is 12.3. The maximum absolute atomic E-state index is 12.3. The van der Waals surface area contributed by atoms with Gasteiger partial charge in [-0.2, -0.15) is 0 Å². The van der Waals surface area contributed by atoms with Gasteiger partial charge < -0.3 is 19.9 Å². The Bertz CT molecular complexity index is 626. The Labute approximate surface area is 142 Å². The number of hydrogen-bond acceptors (Lipinski definition) is 4. The number of ether oxygens (including phenoxy) is 1. The summed E-state index contributed by atoms with van der Waals surface area (Å²) in [6.07, 6.45) is 5.87. The van der Waals surface area contributed by atoms with Crippen LogP contribution >= 0.6 is 0 Å². The second-order valence-electron chi connectivity index (χ2n) is 7.86. The topological polar surface area (TPSA) is 81.1 Å². The van der Waals surface area contributed by atoms with Gasteiger partial charge in [0.25, 0.3) is 0 Å². The molecule has 7 nitrogen and oxygen atoms in total. The van der Waals surface area contributed by atoms with E-state index in [1.54, 1.807) is 0 Å². The second-order valence-corrected chi connectivity index (χ2v) is 7.86. The van der Waals surface area contributed by atoms with E-state index in [0.29, 0.717) is 12.5 Å². The third-order valence-electron chi connectivity index (χ3n) is 5.98. The first-order valence-corrected chi connectivity index (χ1v) is 9.14. The first-order valence-electron chi connectivity index (χ1n) is 9.14. The fraction of sp³-hybridized carbons (Fsp3) is 0.824. The van der Waals surface area contributed by atoms with E-state index in [0.717, 1.165) is 44.1 Å². The zero-order valence-corrected chi connectivity index (χ0v) is 14.5. The summed E-state index contributed by atoms with van der Waals surface area (Å²) >= 11 is 0. The van der Waals surface area contributed by atoms with Crippen LogP contribution in [-0.2, 0) is 24.2 Å². The van der Waals surface area contributed by atoms with Gasteiger partial charge in [0, 0.05) is 36.9 Å². The van der Waals surface area contributed by atoms with E-state index in [4.69, 9.17) is 4.74 Å². The highest BCUT2D eigenvalue weighted by atomic mass is 16.5. The quantitative estimate of drug-likeness (QED) is 0.881. The molecule has 2 amide bonds. The van der Waals surface area contributed by atoms with Crippen molar-refractivity contribution < 1.29 is 9.53 Å². The summed E-state index contributed by atoms with van der Waals surface area (Å²) in [5.74, 6) is 2.36. The van der Waals surface area contributed by atoms with Gasteiger partial charge in [-0.25, -0.2) is 4.79 Å². The zero-order chi connectivity index (χ0) is 16.7. The molecule has 0 bridgehead atoms. The highest BCUT2D eigenvalue weighted by Gasteiger charge is 2.59. The van der Waals surface area contributed by atoms with Crippen LogP contribution in [0, 0.1) is 11.3 Å². The van der Waals surface area contributed by atoms with Crippen LogP contribution in [0.1, 0.15) is 51.2 Å². The minimum absolute atomic E-state index is 0.00442. The van der Waals surface area contributed by atoms with E-state index < -0.39 is 0 Å². The van der Waals surface area contributed by atoms with Crippen LogP contribution in [0.3, 0.4) is 0 Å². The molecule has 2 aliphatic heterocycles. The van der Waals surface area contributed by atoms with Crippen molar-refractivity contribution in [2.24, 2.45) is 11.3 Å². The number of fused-ring (bicyclic) bond motifs is 2. The molecule has 1 saturated heterocycles. The predicted molar refractivity (Wildman–Crippen MR) is 88.4 cm³/mol. The molecule has 4 rings (SSSR count). The van der Waals surface area contributed by atoms with Crippen LogP contribution in [0.25, 0.3) is 0 Å². The molecule has 3 heterocycles. The number of nitrogens with zero attached hydrogens (tertiary/aromatic N) is 3. The summed E-state index contributed by atoms with van der Waals surface area (Å²) in [4.78, 5) is 12.3. The molecule has 1 aromatic heterocycles. The number of nitrogens with one attached hydrogen (secondary N) is 2. The molecular formula is C17H27N5O2. The smallest absolute Gasteiger partial charge is 0.315 e. The lowest BCUT2D eigenvalue weighted by Gasteiger charge is -2.54. The van der Waals surface area contributed by atoms with E-state index in [-0.39, 0.29) is 23.6 Å². The maximum Gasteiger partial charge on any atom is 0.315 e. The Balaban J connectivity index is 1.34. The monoisotopic (exact) mass is 333 g/mol. The highest BCUT2D eigenvalue weighted by molar-refractivity contribution is 5.74. The lowest BCUT2D eigenvalue weighted by atomic mass is 9.57. The second kappa shape index (κ2) is 6.02. The molecule has 0 unspecified atom stereocenters. The predicted octanol–water partition coefficient (Wildman–Crippen LogP) is 1.62. The van der Waals surface area contributed by atoms with Crippen molar-refractivity contribution in [2.45, 2.75) is 71.2 Å². The molecule has 2 N–H and O–H groups in total. The number of rotatable bonds is 3. The number of carbonyl (C=O) groups is 1. The lowest BCUT2D eigenvalue weighted by Crippen LogP contribution is -2.67. The van der Waals surface area contributed by atoms with E-state index in [1.165, 1.54) is 12.8 Å². The van der Waals surface area contributed by atoms with Crippen molar-refractivity contribution in [2.75, 3.05) is 6.61 Å². The molecule has 24 heavy (non-hydrogen) atoms.